The van der Waals surface area contributed by atoms with Gasteiger partial charge in [0.15, 0.2) is 0 Å². The molecule has 1 fully saturated rings. The van der Waals surface area contributed by atoms with E-state index in [4.69, 9.17) is 4.74 Å². The molecule has 2 unspecified atom stereocenters. The van der Waals surface area contributed by atoms with Gasteiger partial charge in [0.2, 0.25) is 0 Å². The first-order valence-electron chi connectivity index (χ1n) is 7.16. The third-order valence-electron chi connectivity index (χ3n) is 3.95. The summed E-state index contributed by atoms with van der Waals surface area (Å²) in [5.41, 5.74) is 3.24. The van der Waals surface area contributed by atoms with Crippen molar-refractivity contribution in [3.63, 3.8) is 0 Å². The van der Waals surface area contributed by atoms with Gasteiger partial charge >= 0.3 is 0 Å². The maximum absolute atomic E-state index is 10.7. The van der Waals surface area contributed by atoms with Crippen LogP contribution in [0.3, 0.4) is 0 Å². The third kappa shape index (κ3) is 3.28. The zero-order chi connectivity index (χ0) is 14.0. The molecule has 0 heterocycles. The predicted molar refractivity (Wildman–Crippen MR) is 77.7 cm³/mol. The SMILES string of the molecule is CCC(NC1CC1)C(O)c1c(C)cc(OC)cc1C. The average Bonchev–Trinajstić information content (AvgIpc) is 3.18. The summed E-state index contributed by atoms with van der Waals surface area (Å²) in [6.45, 7) is 6.20. The Morgan fingerprint density at radius 1 is 1.32 bits per heavy atom. The van der Waals surface area contributed by atoms with Crippen LogP contribution in [0.2, 0.25) is 0 Å². The molecule has 0 amide bonds. The first-order valence-corrected chi connectivity index (χ1v) is 7.16. The van der Waals surface area contributed by atoms with Crippen molar-refractivity contribution in [1.29, 1.82) is 0 Å². The summed E-state index contributed by atoms with van der Waals surface area (Å²) in [7, 11) is 1.67. The van der Waals surface area contributed by atoms with Crippen LogP contribution < -0.4 is 10.1 Å². The highest BCUT2D eigenvalue weighted by molar-refractivity contribution is 5.42. The van der Waals surface area contributed by atoms with E-state index >= 15 is 0 Å². The maximum atomic E-state index is 10.7. The van der Waals surface area contributed by atoms with E-state index in [1.165, 1.54) is 12.8 Å². The molecule has 0 radical (unpaired) electrons. The lowest BCUT2D eigenvalue weighted by atomic mass is 9.92. The maximum Gasteiger partial charge on any atom is 0.119 e. The summed E-state index contributed by atoms with van der Waals surface area (Å²) in [6, 6.07) is 4.74. The molecule has 1 aliphatic rings. The van der Waals surface area contributed by atoms with Gasteiger partial charge in [0.25, 0.3) is 0 Å². The summed E-state index contributed by atoms with van der Waals surface area (Å²) in [6.07, 6.45) is 2.97. The van der Waals surface area contributed by atoms with Gasteiger partial charge in [-0.15, -0.1) is 0 Å². The molecule has 1 saturated carbocycles. The Morgan fingerprint density at radius 2 is 1.89 bits per heavy atom. The molecule has 19 heavy (non-hydrogen) atoms. The molecule has 2 N–H and O–H groups in total. The van der Waals surface area contributed by atoms with Crippen LogP contribution in [0, 0.1) is 13.8 Å². The van der Waals surface area contributed by atoms with Crippen molar-refractivity contribution < 1.29 is 9.84 Å². The van der Waals surface area contributed by atoms with Crippen molar-refractivity contribution in [2.75, 3.05) is 7.11 Å². The van der Waals surface area contributed by atoms with Gasteiger partial charge in [0.1, 0.15) is 5.75 Å². The fourth-order valence-corrected chi connectivity index (χ4v) is 2.71. The van der Waals surface area contributed by atoms with Crippen LogP contribution in [0.4, 0.5) is 0 Å². The average molecular weight is 263 g/mol. The summed E-state index contributed by atoms with van der Waals surface area (Å²) < 4.78 is 5.27. The van der Waals surface area contributed by atoms with E-state index in [9.17, 15) is 5.11 Å². The molecule has 1 aliphatic carbocycles. The molecule has 106 valence electrons. The van der Waals surface area contributed by atoms with Crippen LogP contribution >= 0.6 is 0 Å². The number of nitrogens with one attached hydrogen (secondary N) is 1. The van der Waals surface area contributed by atoms with Crippen molar-refractivity contribution >= 4 is 0 Å². The van der Waals surface area contributed by atoms with E-state index in [-0.39, 0.29) is 6.04 Å². The molecular formula is C16H25NO2. The fraction of sp³-hybridized carbons (Fsp3) is 0.625. The summed E-state index contributed by atoms with van der Waals surface area (Å²) in [5, 5.41) is 14.2. The second-order valence-corrected chi connectivity index (χ2v) is 5.58. The monoisotopic (exact) mass is 263 g/mol. The minimum atomic E-state index is -0.448. The van der Waals surface area contributed by atoms with Crippen LogP contribution in [0.15, 0.2) is 12.1 Å². The number of ether oxygens (including phenoxy) is 1. The quantitative estimate of drug-likeness (QED) is 0.829. The van der Waals surface area contributed by atoms with Crippen LogP contribution in [0.5, 0.6) is 5.75 Å². The van der Waals surface area contributed by atoms with Gasteiger partial charge in [0.05, 0.1) is 13.2 Å². The minimum absolute atomic E-state index is 0.137. The standard InChI is InChI=1S/C16H25NO2/c1-5-14(17-12-6-7-12)16(18)15-10(2)8-13(19-4)9-11(15)3/h8-9,12,14,16-18H,5-7H2,1-4H3. The molecule has 0 saturated heterocycles. The number of methoxy groups -OCH3 is 1. The van der Waals surface area contributed by atoms with Gasteiger partial charge in [0, 0.05) is 12.1 Å². The molecule has 3 heteroatoms. The number of benzene rings is 1. The van der Waals surface area contributed by atoms with Crippen LogP contribution in [-0.4, -0.2) is 24.3 Å². The van der Waals surface area contributed by atoms with Gasteiger partial charge in [-0.25, -0.2) is 0 Å². The van der Waals surface area contributed by atoms with E-state index in [0.29, 0.717) is 6.04 Å². The molecule has 0 aliphatic heterocycles. The fourth-order valence-electron chi connectivity index (χ4n) is 2.71. The van der Waals surface area contributed by atoms with E-state index in [2.05, 4.69) is 12.2 Å². The Bertz CT molecular complexity index is 417. The van der Waals surface area contributed by atoms with Crippen LogP contribution in [-0.2, 0) is 0 Å². The smallest absolute Gasteiger partial charge is 0.119 e. The van der Waals surface area contributed by atoms with E-state index < -0.39 is 6.10 Å². The zero-order valence-corrected chi connectivity index (χ0v) is 12.4. The molecule has 0 bridgehead atoms. The number of hydrogen-bond donors (Lipinski definition) is 2. The zero-order valence-electron chi connectivity index (χ0n) is 12.4. The molecule has 3 nitrogen and oxygen atoms in total. The number of aliphatic hydroxyl groups excluding tert-OH is 1. The first-order chi connectivity index (χ1) is 9.06. The normalized spacial score (nSPS) is 18.2. The molecule has 0 aromatic heterocycles. The highest BCUT2D eigenvalue weighted by atomic mass is 16.5. The van der Waals surface area contributed by atoms with Crippen molar-refractivity contribution in [3.8, 4) is 5.75 Å². The Morgan fingerprint density at radius 3 is 2.32 bits per heavy atom. The summed E-state index contributed by atoms with van der Waals surface area (Å²) >= 11 is 0. The number of hydrogen-bond acceptors (Lipinski definition) is 3. The van der Waals surface area contributed by atoms with Gasteiger partial charge in [-0.1, -0.05) is 6.92 Å². The van der Waals surface area contributed by atoms with Crippen molar-refractivity contribution in [1.82, 2.24) is 5.32 Å². The van der Waals surface area contributed by atoms with Crippen molar-refractivity contribution in [2.24, 2.45) is 0 Å². The highest BCUT2D eigenvalue weighted by Gasteiger charge is 2.29. The Kier molecular flexibility index (Phi) is 4.48. The van der Waals surface area contributed by atoms with Crippen molar-refractivity contribution in [3.05, 3.63) is 28.8 Å². The van der Waals surface area contributed by atoms with Crippen LogP contribution in [0.25, 0.3) is 0 Å². The highest BCUT2D eigenvalue weighted by Crippen LogP contribution is 2.31. The first kappa shape index (κ1) is 14.4. The third-order valence-corrected chi connectivity index (χ3v) is 3.95. The van der Waals surface area contributed by atoms with E-state index in [1.807, 2.05) is 26.0 Å². The van der Waals surface area contributed by atoms with Gasteiger partial charge < -0.3 is 15.2 Å². The lowest BCUT2D eigenvalue weighted by molar-refractivity contribution is 0.123. The second kappa shape index (κ2) is 5.93. The molecule has 1 aromatic rings. The Hall–Kier alpha value is -1.06. The van der Waals surface area contributed by atoms with Crippen LogP contribution in [0.1, 0.15) is 49.0 Å². The van der Waals surface area contributed by atoms with Crippen molar-refractivity contribution in [2.45, 2.75) is 58.2 Å². The van der Waals surface area contributed by atoms with E-state index in [1.54, 1.807) is 7.11 Å². The van der Waals surface area contributed by atoms with Gasteiger partial charge in [-0.3, -0.25) is 0 Å². The lowest BCUT2D eigenvalue weighted by Gasteiger charge is -2.26. The summed E-state index contributed by atoms with van der Waals surface area (Å²) in [5.74, 6) is 0.856. The van der Waals surface area contributed by atoms with E-state index in [0.717, 1.165) is 28.9 Å². The Balaban J connectivity index is 2.23. The minimum Gasteiger partial charge on any atom is -0.497 e. The number of aliphatic hydroxyl groups is 1. The van der Waals surface area contributed by atoms with Gasteiger partial charge in [-0.05, 0) is 61.9 Å². The summed E-state index contributed by atoms with van der Waals surface area (Å²) in [4.78, 5) is 0. The lowest BCUT2D eigenvalue weighted by Crippen LogP contribution is -2.36. The predicted octanol–water partition coefficient (Wildman–Crippen LogP) is 2.88. The molecule has 1 aromatic carbocycles. The van der Waals surface area contributed by atoms with Gasteiger partial charge in [-0.2, -0.15) is 0 Å². The topological polar surface area (TPSA) is 41.5 Å². The number of rotatable bonds is 6. The second-order valence-electron chi connectivity index (χ2n) is 5.58. The largest absolute Gasteiger partial charge is 0.497 e. The molecule has 2 atom stereocenters. The Labute approximate surface area is 116 Å². The molecule has 0 spiro atoms. The molecule has 2 rings (SSSR count). The molecular weight excluding hydrogens is 238 g/mol. The number of aryl methyl sites for hydroxylation is 2.